The summed E-state index contributed by atoms with van der Waals surface area (Å²) in [5.74, 6) is -0.657. The molecule has 0 aliphatic carbocycles. The first-order valence-corrected chi connectivity index (χ1v) is 12.0. The predicted octanol–water partition coefficient (Wildman–Crippen LogP) is 3.28. The summed E-state index contributed by atoms with van der Waals surface area (Å²) >= 11 is 2.35. The Morgan fingerprint density at radius 2 is 1.85 bits per heavy atom. The molecule has 1 aliphatic rings. The highest BCUT2D eigenvalue weighted by atomic mass is 32.2. The van der Waals surface area contributed by atoms with E-state index in [1.165, 1.54) is 48.2 Å². The molecule has 2 amide bonds. The van der Waals surface area contributed by atoms with Crippen molar-refractivity contribution in [3.05, 3.63) is 70.0 Å². The average Bonchev–Trinajstić information content (AvgIpc) is 3.30. The summed E-state index contributed by atoms with van der Waals surface area (Å²) in [6.07, 6.45) is 0. The minimum atomic E-state index is -0.573. The second-order valence-corrected chi connectivity index (χ2v) is 9.47. The molecule has 0 spiro atoms. The number of non-ortho nitro benzene ring substituents is 1. The lowest BCUT2D eigenvalue weighted by atomic mass is 10.2. The standard InChI is InChI=1S/C21H19FN6O4S2/c22-15-4-6-16(7-5-15)26-8-10-27(11-9-26)18(29)13-33-21-25-24-20(34-21)23-19(30)14-2-1-3-17(12-14)28(31)32/h1-7,12H,8-11,13H2,(H,23,24,30). The van der Waals surface area contributed by atoms with Crippen LogP contribution in [-0.2, 0) is 4.79 Å². The minimum absolute atomic E-state index is 0.0267. The Kier molecular flexibility index (Phi) is 7.33. The third kappa shape index (κ3) is 5.85. The minimum Gasteiger partial charge on any atom is -0.368 e. The summed E-state index contributed by atoms with van der Waals surface area (Å²) in [5, 5.41) is 21.6. The van der Waals surface area contributed by atoms with Crippen LogP contribution in [-0.4, -0.2) is 63.8 Å². The average molecular weight is 503 g/mol. The number of nitro benzene ring substituents is 1. The van der Waals surface area contributed by atoms with Crippen molar-refractivity contribution < 1.29 is 18.9 Å². The molecule has 0 bridgehead atoms. The number of hydrogen-bond donors (Lipinski definition) is 1. The first kappa shape index (κ1) is 23.6. The Hall–Kier alpha value is -3.58. The molecule has 1 aliphatic heterocycles. The number of nitro groups is 1. The van der Waals surface area contributed by atoms with Gasteiger partial charge in [0.1, 0.15) is 5.82 Å². The quantitative estimate of drug-likeness (QED) is 0.226. The van der Waals surface area contributed by atoms with E-state index in [2.05, 4.69) is 20.4 Å². The molecule has 0 saturated carbocycles. The highest BCUT2D eigenvalue weighted by molar-refractivity contribution is 8.01. The highest BCUT2D eigenvalue weighted by Crippen LogP contribution is 2.27. The SMILES string of the molecule is O=C(Nc1nnc(SCC(=O)N2CCN(c3ccc(F)cc3)CC2)s1)c1cccc([N+](=O)[O-])c1. The molecule has 0 unspecified atom stereocenters. The maximum Gasteiger partial charge on any atom is 0.270 e. The van der Waals surface area contributed by atoms with Crippen LogP contribution < -0.4 is 10.2 Å². The third-order valence-corrected chi connectivity index (χ3v) is 7.05. The van der Waals surface area contributed by atoms with Gasteiger partial charge in [-0.25, -0.2) is 4.39 Å². The molecular formula is C21H19FN6O4S2. The summed E-state index contributed by atoms with van der Waals surface area (Å²) in [5.41, 5.74) is 0.878. The van der Waals surface area contributed by atoms with Crippen molar-refractivity contribution in [2.45, 2.75) is 4.34 Å². The van der Waals surface area contributed by atoms with Gasteiger partial charge in [0.05, 0.1) is 10.7 Å². The summed E-state index contributed by atoms with van der Waals surface area (Å²) in [4.78, 5) is 39.1. The Bertz CT molecular complexity index is 1200. The molecule has 0 atom stereocenters. The van der Waals surface area contributed by atoms with Gasteiger partial charge in [-0.15, -0.1) is 10.2 Å². The number of aromatic nitrogens is 2. The number of carbonyl (C=O) groups excluding carboxylic acids is 2. The Morgan fingerprint density at radius 1 is 1.12 bits per heavy atom. The van der Waals surface area contributed by atoms with Crippen molar-refractivity contribution in [2.75, 3.05) is 42.1 Å². The zero-order valence-electron chi connectivity index (χ0n) is 17.7. The molecule has 3 aromatic rings. The van der Waals surface area contributed by atoms with Gasteiger partial charge < -0.3 is 9.80 Å². The van der Waals surface area contributed by atoms with Gasteiger partial charge >= 0.3 is 0 Å². The van der Waals surface area contributed by atoms with Crippen LogP contribution in [0.5, 0.6) is 0 Å². The lowest BCUT2D eigenvalue weighted by Gasteiger charge is -2.36. The fraction of sp³-hybridized carbons (Fsp3) is 0.238. The van der Waals surface area contributed by atoms with Crippen LogP contribution in [0, 0.1) is 15.9 Å². The molecule has 2 aromatic carbocycles. The van der Waals surface area contributed by atoms with Crippen molar-refractivity contribution in [3.8, 4) is 0 Å². The molecule has 1 fully saturated rings. The molecule has 1 aromatic heterocycles. The van der Waals surface area contributed by atoms with E-state index in [1.54, 1.807) is 17.0 Å². The van der Waals surface area contributed by atoms with Crippen LogP contribution in [0.15, 0.2) is 52.9 Å². The van der Waals surface area contributed by atoms with Crippen molar-refractivity contribution in [1.82, 2.24) is 15.1 Å². The molecule has 34 heavy (non-hydrogen) atoms. The fourth-order valence-electron chi connectivity index (χ4n) is 3.33. The normalized spacial score (nSPS) is 13.6. The van der Waals surface area contributed by atoms with Crippen molar-refractivity contribution in [1.29, 1.82) is 0 Å². The van der Waals surface area contributed by atoms with E-state index in [4.69, 9.17) is 0 Å². The number of carbonyl (C=O) groups is 2. The number of anilines is 2. The van der Waals surface area contributed by atoms with Gasteiger partial charge in [0.15, 0.2) is 4.34 Å². The largest absolute Gasteiger partial charge is 0.368 e. The molecule has 10 nitrogen and oxygen atoms in total. The van der Waals surface area contributed by atoms with Crippen LogP contribution >= 0.6 is 23.1 Å². The molecule has 13 heteroatoms. The summed E-state index contributed by atoms with van der Waals surface area (Å²) in [6.45, 7) is 2.46. The number of nitrogens with one attached hydrogen (secondary N) is 1. The maximum atomic E-state index is 13.1. The van der Waals surface area contributed by atoms with Gasteiger partial charge in [-0.1, -0.05) is 29.2 Å². The Morgan fingerprint density at radius 3 is 2.56 bits per heavy atom. The van der Waals surface area contributed by atoms with Crippen LogP contribution in [0.3, 0.4) is 0 Å². The van der Waals surface area contributed by atoms with Gasteiger partial charge in [0.25, 0.3) is 11.6 Å². The number of rotatable bonds is 7. The van der Waals surface area contributed by atoms with E-state index in [0.717, 1.165) is 17.0 Å². The van der Waals surface area contributed by atoms with Gasteiger partial charge in [0.2, 0.25) is 11.0 Å². The molecule has 4 rings (SSSR count). The first-order valence-electron chi connectivity index (χ1n) is 10.2. The molecule has 0 radical (unpaired) electrons. The van der Waals surface area contributed by atoms with E-state index >= 15 is 0 Å². The van der Waals surface area contributed by atoms with E-state index < -0.39 is 10.8 Å². The Balaban J connectivity index is 1.25. The second-order valence-electron chi connectivity index (χ2n) is 7.27. The lowest BCUT2D eigenvalue weighted by molar-refractivity contribution is -0.384. The van der Waals surface area contributed by atoms with Crippen molar-refractivity contribution >= 4 is 51.4 Å². The number of benzene rings is 2. The monoisotopic (exact) mass is 502 g/mol. The lowest BCUT2D eigenvalue weighted by Crippen LogP contribution is -2.49. The summed E-state index contributed by atoms with van der Waals surface area (Å²) in [6, 6.07) is 11.7. The van der Waals surface area contributed by atoms with Crippen molar-refractivity contribution in [3.63, 3.8) is 0 Å². The summed E-state index contributed by atoms with van der Waals surface area (Å²) in [7, 11) is 0. The topological polar surface area (TPSA) is 122 Å². The van der Waals surface area contributed by atoms with Gasteiger partial charge in [0, 0.05) is 49.6 Å². The van der Waals surface area contributed by atoms with Crippen LogP contribution in [0.25, 0.3) is 0 Å². The number of hydrogen-bond acceptors (Lipinski definition) is 9. The smallest absolute Gasteiger partial charge is 0.270 e. The number of amides is 2. The first-order chi connectivity index (χ1) is 16.4. The van der Waals surface area contributed by atoms with E-state index in [0.29, 0.717) is 30.5 Å². The van der Waals surface area contributed by atoms with Crippen molar-refractivity contribution in [2.24, 2.45) is 0 Å². The number of piperazine rings is 1. The molecular weight excluding hydrogens is 483 g/mol. The fourth-order valence-corrected chi connectivity index (χ4v) is 4.98. The van der Waals surface area contributed by atoms with E-state index in [1.807, 2.05) is 0 Å². The number of thioether (sulfide) groups is 1. The zero-order valence-corrected chi connectivity index (χ0v) is 19.4. The van der Waals surface area contributed by atoms with E-state index in [-0.39, 0.29) is 33.9 Å². The van der Waals surface area contributed by atoms with E-state index in [9.17, 15) is 24.1 Å². The Labute approximate surface area is 201 Å². The van der Waals surface area contributed by atoms with Gasteiger partial charge in [-0.05, 0) is 30.3 Å². The van der Waals surface area contributed by atoms with Crippen LogP contribution in [0.1, 0.15) is 10.4 Å². The zero-order chi connectivity index (χ0) is 24.1. The number of nitrogens with zero attached hydrogens (tertiary/aromatic N) is 5. The summed E-state index contributed by atoms with van der Waals surface area (Å²) < 4.78 is 13.6. The van der Waals surface area contributed by atoms with Gasteiger partial charge in [-0.2, -0.15) is 0 Å². The maximum absolute atomic E-state index is 13.1. The second kappa shape index (κ2) is 10.6. The predicted molar refractivity (Wildman–Crippen MR) is 127 cm³/mol. The number of halogens is 1. The highest BCUT2D eigenvalue weighted by Gasteiger charge is 2.22. The molecule has 1 N–H and O–H groups in total. The van der Waals surface area contributed by atoms with Crippen LogP contribution in [0.2, 0.25) is 0 Å². The molecule has 176 valence electrons. The molecule has 2 heterocycles. The van der Waals surface area contributed by atoms with Crippen LogP contribution in [0.4, 0.5) is 20.9 Å². The third-order valence-electron chi connectivity index (χ3n) is 5.09. The molecule has 1 saturated heterocycles. The van der Waals surface area contributed by atoms with Gasteiger partial charge in [-0.3, -0.25) is 25.0 Å².